The predicted molar refractivity (Wildman–Crippen MR) is 189 cm³/mol. The van der Waals surface area contributed by atoms with Crippen molar-refractivity contribution >= 4 is 41.9 Å². The molecule has 0 aliphatic carbocycles. The second kappa shape index (κ2) is 20.3. The van der Waals surface area contributed by atoms with E-state index in [1.807, 2.05) is 65.0 Å². The lowest BCUT2D eigenvalue weighted by atomic mass is 10.0. The van der Waals surface area contributed by atoms with Gasteiger partial charge in [-0.25, -0.2) is 4.99 Å². The summed E-state index contributed by atoms with van der Waals surface area (Å²) in [5, 5.41) is 19.7. The summed E-state index contributed by atoms with van der Waals surface area (Å²) in [6, 6.07) is 20.3. The molecule has 0 amide bonds. The first-order chi connectivity index (χ1) is 21.5. The lowest BCUT2D eigenvalue weighted by Crippen LogP contribution is -2.35. The van der Waals surface area contributed by atoms with E-state index in [0.717, 1.165) is 41.4 Å². The van der Waals surface area contributed by atoms with Crippen LogP contribution in [0.15, 0.2) is 86.0 Å². The highest BCUT2D eigenvalue weighted by Crippen LogP contribution is 2.28. The van der Waals surface area contributed by atoms with Gasteiger partial charge in [-0.2, -0.15) is 10.4 Å². The van der Waals surface area contributed by atoms with Gasteiger partial charge in [-0.15, -0.1) is 23.5 Å². The van der Waals surface area contributed by atoms with E-state index in [1.165, 1.54) is 11.3 Å². The molecule has 4 rings (SSSR count). The summed E-state index contributed by atoms with van der Waals surface area (Å²) in [5.41, 5.74) is 2.77. The Morgan fingerprint density at radius 1 is 1.14 bits per heavy atom. The Balaban J connectivity index is 0.00000162. The zero-order valence-electron chi connectivity index (χ0n) is 27.2. The van der Waals surface area contributed by atoms with Gasteiger partial charge in [0.25, 0.3) is 0 Å². The van der Waals surface area contributed by atoms with Gasteiger partial charge >= 0.3 is 0 Å². The Labute approximate surface area is 272 Å². The van der Waals surface area contributed by atoms with Crippen molar-refractivity contribution in [3.63, 3.8) is 0 Å². The van der Waals surface area contributed by atoms with Gasteiger partial charge in [0, 0.05) is 40.4 Å². The minimum atomic E-state index is 0.479. The fraction of sp³-hybridized carbons (Fsp3) is 0.412. The number of hydrogen-bond donors (Lipinski definition) is 2. The third-order valence-corrected chi connectivity index (χ3v) is 8.37. The molecule has 236 valence electrons. The Hall–Kier alpha value is -3.68. The number of benzene rings is 2. The van der Waals surface area contributed by atoms with E-state index in [2.05, 4.69) is 69.4 Å². The van der Waals surface area contributed by atoms with Crippen LogP contribution in [0.1, 0.15) is 64.3 Å². The van der Waals surface area contributed by atoms with Gasteiger partial charge in [0.05, 0.1) is 24.6 Å². The number of thioether (sulfide) groups is 2. The fourth-order valence-electron chi connectivity index (χ4n) is 4.46. The van der Waals surface area contributed by atoms with Crippen molar-refractivity contribution in [1.29, 1.82) is 5.26 Å². The molecule has 0 spiro atoms. The maximum absolute atomic E-state index is 9.12. The van der Waals surface area contributed by atoms with E-state index in [1.54, 1.807) is 30.6 Å². The van der Waals surface area contributed by atoms with Crippen LogP contribution in [0.2, 0.25) is 0 Å². The molecule has 0 bridgehead atoms. The first-order valence-corrected chi connectivity index (χ1v) is 17.1. The second-order valence-electron chi connectivity index (χ2n) is 9.62. The van der Waals surface area contributed by atoms with Crippen molar-refractivity contribution in [3.8, 4) is 6.07 Å². The summed E-state index contributed by atoms with van der Waals surface area (Å²) in [6.07, 6.45) is 2.31. The number of amidine groups is 1. The number of aliphatic imine (C=N–C) groups is 2. The van der Waals surface area contributed by atoms with Gasteiger partial charge in [-0.3, -0.25) is 10.1 Å². The highest BCUT2D eigenvalue weighted by molar-refractivity contribution is 7.99. The first-order valence-electron chi connectivity index (χ1n) is 15.2. The molecule has 1 aliphatic rings. The summed E-state index contributed by atoms with van der Waals surface area (Å²) in [4.78, 5) is 13.8. The van der Waals surface area contributed by atoms with Crippen molar-refractivity contribution in [1.82, 2.24) is 15.1 Å². The Morgan fingerprint density at radius 3 is 2.43 bits per heavy atom. The number of nitrogens with one attached hydrogen (secondary N) is 2. The van der Waals surface area contributed by atoms with E-state index < -0.39 is 0 Å². The van der Waals surface area contributed by atoms with Gasteiger partial charge in [0.2, 0.25) is 5.76 Å². The predicted octanol–water partition coefficient (Wildman–Crippen LogP) is 8.74. The third kappa shape index (κ3) is 11.4. The van der Waals surface area contributed by atoms with Crippen molar-refractivity contribution in [2.75, 3.05) is 31.4 Å². The van der Waals surface area contributed by atoms with E-state index >= 15 is 0 Å². The largest absolute Gasteiger partial charge is 0.490 e. The molecule has 0 radical (unpaired) electrons. The molecule has 0 saturated carbocycles. The van der Waals surface area contributed by atoms with Crippen LogP contribution in [-0.2, 0) is 10.5 Å². The molecule has 8 nitrogen and oxygen atoms in total. The SMILES string of the molecule is C=N/C(=C(OC)\C(=N/CSc1ccc(SCc2cccc(C#N)c2)cc1)Nc1cc(C)[nH]n1)N1CCCC(C)C1.CC.CC. The monoisotopic (exact) mass is 633 g/mol. The lowest BCUT2D eigenvalue weighted by Gasteiger charge is -2.33. The molecule has 10 heteroatoms. The minimum Gasteiger partial charge on any atom is -0.490 e. The van der Waals surface area contributed by atoms with Crippen molar-refractivity contribution < 1.29 is 4.74 Å². The van der Waals surface area contributed by atoms with Gasteiger partial charge in [-0.05, 0) is 74.4 Å². The molecule has 1 unspecified atom stereocenters. The van der Waals surface area contributed by atoms with Gasteiger partial charge in [-0.1, -0.05) is 46.8 Å². The second-order valence-corrected chi connectivity index (χ2v) is 11.7. The number of aromatic amines is 1. The molecule has 2 heterocycles. The van der Waals surface area contributed by atoms with Gasteiger partial charge in [0.1, 0.15) is 0 Å². The number of nitrogens with zero attached hydrogens (tertiary/aromatic N) is 5. The normalized spacial score (nSPS) is 15.0. The van der Waals surface area contributed by atoms with E-state index in [0.29, 0.717) is 40.6 Å². The maximum atomic E-state index is 9.12. The Bertz CT molecular complexity index is 1390. The first kappa shape index (κ1) is 36.5. The number of likely N-dealkylation sites (tertiary alicyclic amines) is 1. The minimum absolute atomic E-state index is 0.479. The molecule has 1 fully saturated rings. The number of aromatic nitrogens is 2. The molecule has 1 saturated heterocycles. The maximum Gasteiger partial charge on any atom is 0.204 e. The summed E-state index contributed by atoms with van der Waals surface area (Å²) in [6.45, 7) is 17.9. The van der Waals surface area contributed by atoms with E-state index in [-0.39, 0.29) is 0 Å². The van der Waals surface area contributed by atoms with Crippen LogP contribution in [0.25, 0.3) is 0 Å². The molecule has 1 aromatic heterocycles. The molecule has 2 aromatic carbocycles. The van der Waals surface area contributed by atoms with Crippen LogP contribution < -0.4 is 5.32 Å². The highest BCUT2D eigenvalue weighted by atomic mass is 32.2. The number of nitriles is 1. The highest BCUT2D eigenvalue weighted by Gasteiger charge is 2.24. The van der Waals surface area contributed by atoms with Crippen LogP contribution in [-0.4, -0.2) is 53.7 Å². The number of ether oxygens (including phenoxy) is 1. The van der Waals surface area contributed by atoms with Gasteiger partial charge in [0.15, 0.2) is 17.5 Å². The lowest BCUT2D eigenvalue weighted by molar-refractivity contribution is 0.209. The van der Waals surface area contributed by atoms with Crippen LogP contribution in [0, 0.1) is 24.2 Å². The third-order valence-electron chi connectivity index (χ3n) is 6.42. The summed E-state index contributed by atoms with van der Waals surface area (Å²) in [5.74, 6) is 4.34. The van der Waals surface area contributed by atoms with Gasteiger partial charge < -0.3 is 15.0 Å². The smallest absolute Gasteiger partial charge is 0.204 e. The van der Waals surface area contributed by atoms with Crippen molar-refractivity contribution in [2.45, 2.75) is 69.9 Å². The van der Waals surface area contributed by atoms with Crippen LogP contribution in [0.4, 0.5) is 5.82 Å². The number of H-pyrrole nitrogens is 1. The topological polar surface area (TPSA) is 102 Å². The number of methoxy groups -OCH3 is 1. The number of hydrogen-bond acceptors (Lipinski definition) is 8. The number of aryl methyl sites for hydroxylation is 1. The number of anilines is 1. The van der Waals surface area contributed by atoms with E-state index in [4.69, 9.17) is 15.0 Å². The zero-order chi connectivity index (χ0) is 32.3. The molecule has 1 aliphatic heterocycles. The van der Waals surface area contributed by atoms with Crippen molar-refractivity contribution in [2.24, 2.45) is 15.9 Å². The zero-order valence-corrected chi connectivity index (χ0v) is 28.8. The average molecular weight is 634 g/mol. The molecule has 3 aromatic rings. The van der Waals surface area contributed by atoms with Crippen molar-refractivity contribution in [3.05, 3.63) is 83.0 Å². The van der Waals surface area contributed by atoms with Crippen LogP contribution in [0.3, 0.4) is 0 Å². The van der Waals surface area contributed by atoms with E-state index in [9.17, 15) is 0 Å². The summed E-state index contributed by atoms with van der Waals surface area (Å²) < 4.78 is 5.87. The number of piperidine rings is 1. The molecular formula is C34H47N7OS2. The quantitative estimate of drug-likeness (QED) is 0.0942. The molecular weight excluding hydrogens is 587 g/mol. The Kier molecular flexibility index (Phi) is 16.9. The molecule has 44 heavy (non-hydrogen) atoms. The van der Waals surface area contributed by atoms with Crippen LogP contribution >= 0.6 is 23.5 Å². The summed E-state index contributed by atoms with van der Waals surface area (Å²) in [7, 11) is 1.64. The fourth-order valence-corrected chi connectivity index (χ4v) is 5.98. The number of rotatable bonds is 11. The summed E-state index contributed by atoms with van der Waals surface area (Å²) >= 11 is 3.39. The average Bonchev–Trinajstić information content (AvgIpc) is 3.48. The molecule has 1 atom stereocenters. The molecule has 2 N–H and O–H groups in total. The Morgan fingerprint density at radius 2 is 1.84 bits per heavy atom. The standard InChI is InChI=1S/C30H35N7OS2.2C2H6/c1-21-7-6-14-37(18-21)30(32-3)28(38-4)29(34-27-15-22(2)35-36-27)33-20-40-26-12-10-25(11-13-26)39-19-24-9-5-8-23(16-24)17-31;2*1-2/h5,8-13,15-16,21H,3,6-7,14,18-20H2,1-2,4H3,(H2,33,34,35,36);2*1-2H3/b30-28-;;. The van der Waals surface area contributed by atoms with Crippen LogP contribution in [0.5, 0.6) is 0 Å².